The summed E-state index contributed by atoms with van der Waals surface area (Å²) in [5, 5.41) is 11.4. The predicted octanol–water partition coefficient (Wildman–Crippen LogP) is 4.62. The topological polar surface area (TPSA) is 55.1 Å². The first-order valence-corrected chi connectivity index (χ1v) is 9.15. The Kier molecular flexibility index (Phi) is 3.61. The molecule has 0 aliphatic heterocycles. The molecule has 5 aromatic rings. The van der Waals surface area contributed by atoms with E-state index in [1.807, 2.05) is 22.8 Å². The van der Waals surface area contributed by atoms with Crippen molar-refractivity contribution in [3.8, 4) is 11.3 Å². The van der Waals surface area contributed by atoms with Crippen LogP contribution in [-0.4, -0.2) is 19.6 Å². The van der Waals surface area contributed by atoms with E-state index in [4.69, 9.17) is 5.10 Å². The molecule has 5 nitrogen and oxygen atoms in total. The summed E-state index contributed by atoms with van der Waals surface area (Å²) in [4.78, 5) is 9.44. The van der Waals surface area contributed by atoms with Gasteiger partial charge in [0.15, 0.2) is 0 Å². The van der Waals surface area contributed by atoms with Crippen LogP contribution in [0.5, 0.6) is 0 Å². The van der Waals surface area contributed by atoms with Crippen molar-refractivity contribution in [1.82, 2.24) is 19.6 Å². The van der Waals surface area contributed by atoms with Crippen LogP contribution in [-0.2, 0) is 6.54 Å². The minimum absolute atomic E-state index is 0.713. The van der Waals surface area contributed by atoms with Crippen LogP contribution in [0, 0.1) is 0 Å². The van der Waals surface area contributed by atoms with Gasteiger partial charge in [0.2, 0.25) is 10.1 Å². The minimum Gasteiger partial charge on any atom is -0.356 e. The van der Waals surface area contributed by atoms with E-state index in [0.717, 1.165) is 21.3 Å². The second kappa shape index (κ2) is 6.24. The standard InChI is InChI=1S/C20H15N5S/c1-2-4-16-11-17(6-5-15(16)3-1)18-13-23-20-25(18)24-19(26-20)22-12-14-7-9-21-10-8-14/h1-11,13H,12H2,(H,22,24). The van der Waals surface area contributed by atoms with Crippen LogP contribution in [0.2, 0.25) is 0 Å². The molecule has 0 atom stereocenters. The number of imidazole rings is 1. The van der Waals surface area contributed by atoms with Gasteiger partial charge in [-0.2, -0.15) is 0 Å². The molecular formula is C20H15N5S. The first kappa shape index (κ1) is 15.0. The van der Waals surface area contributed by atoms with Crippen molar-refractivity contribution in [1.29, 1.82) is 0 Å². The number of hydrogen-bond acceptors (Lipinski definition) is 5. The highest BCUT2D eigenvalue weighted by Gasteiger charge is 2.12. The lowest BCUT2D eigenvalue weighted by Gasteiger charge is -2.03. The van der Waals surface area contributed by atoms with Gasteiger partial charge < -0.3 is 5.32 Å². The molecule has 0 aliphatic rings. The lowest BCUT2D eigenvalue weighted by Crippen LogP contribution is -2.00. The van der Waals surface area contributed by atoms with Crippen molar-refractivity contribution in [2.75, 3.05) is 5.32 Å². The largest absolute Gasteiger partial charge is 0.356 e. The quantitative estimate of drug-likeness (QED) is 0.510. The van der Waals surface area contributed by atoms with E-state index < -0.39 is 0 Å². The fraction of sp³-hybridized carbons (Fsp3) is 0.0500. The van der Waals surface area contributed by atoms with Gasteiger partial charge in [0.1, 0.15) is 0 Å². The van der Waals surface area contributed by atoms with Gasteiger partial charge in [0.05, 0.1) is 11.9 Å². The summed E-state index contributed by atoms with van der Waals surface area (Å²) < 4.78 is 1.91. The number of anilines is 1. The fourth-order valence-electron chi connectivity index (χ4n) is 2.99. The van der Waals surface area contributed by atoms with Gasteiger partial charge >= 0.3 is 0 Å². The van der Waals surface area contributed by atoms with Crippen LogP contribution in [0.1, 0.15) is 5.56 Å². The Labute approximate surface area is 154 Å². The van der Waals surface area contributed by atoms with Gasteiger partial charge in [-0.1, -0.05) is 47.7 Å². The third-order valence-electron chi connectivity index (χ3n) is 4.32. The Morgan fingerprint density at radius 2 is 1.81 bits per heavy atom. The normalized spacial score (nSPS) is 11.2. The summed E-state index contributed by atoms with van der Waals surface area (Å²) in [5.41, 5.74) is 3.28. The van der Waals surface area contributed by atoms with Gasteiger partial charge in [0.25, 0.3) is 0 Å². The Morgan fingerprint density at radius 1 is 0.962 bits per heavy atom. The number of aromatic nitrogens is 4. The number of pyridine rings is 1. The monoisotopic (exact) mass is 357 g/mol. The van der Waals surface area contributed by atoms with E-state index in [0.29, 0.717) is 6.54 Å². The molecule has 0 saturated carbocycles. The van der Waals surface area contributed by atoms with E-state index in [1.54, 1.807) is 23.7 Å². The SMILES string of the molecule is c1ccc2cc(-c3cnc4sc(NCc5ccncc5)nn34)ccc2c1. The van der Waals surface area contributed by atoms with Crippen molar-refractivity contribution in [2.45, 2.75) is 6.54 Å². The number of fused-ring (bicyclic) bond motifs is 2. The summed E-state index contributed by atoms with van der Waals surface area (Å²) in [6.07, 6.45) is 5.47. The maximum absolute atomic E-state index is 4.69. The van der Waals surface area contributed by atoms with E-state index in [2.05, 4.69) is 57.7 Å². The van der Waals surface area contributed by atoms with Crippen molar-refractivity contribution < 1.29 is 0 Å². The smallest absolute Gasteiger partial charge is 0.214 e. The van der Waals surface area contributed by atoms with Crippen LogP contribution in [0.25, 0.3) is 27.0 Å². The first-order valence-electron chi connectivity index (χ1n) is 8.33. The molecule has 0 fully saturated rings. The molecule has 0 aliphatic carbocycles. The highest BCUT2D eigenvalue weighted by Crippen LogP contribution is 2.28. The number of benzene rings is 2. The molecule has 3 heterocycles. The average molecular weight is 357 g/mol. The number of rotatable bonds is 4. The van der Waals surface area contributed by atoms with Crippen molar-refractivity contribution in [2.24, 2.45) is 0 Å². The van der Waals surface area contributed by atoms with Gasteiger partial charge in [-0.25, -0.2) is 9.50 Å². The Bertz CT molecular complexity index is 1190. The maximum Gasteiger partial charge on any atom is 0.214 e. The van der Waals surface area contributed by atoms with Crippen molar-refractivity contribution >= 4 is 32.2 Å². The van der Waals surface area contributed by atoms with Gasteiger partial charge in [0, 0.05) is 24.5 Å². The highest BCUT2D eigenvalue weighted by atomic mass is 32.1. The second-order valence-electron chi connectivity index (χ2n) is 6.02. The summed E-state index contributed by atoms with van der Waals surface area (Å²) in [6, 6.07) is 18.8. The van der Waals surface area contributed by atoms with Crippen molar-refractivity contribution in [3.63, 3.8) is 0 Å². The summed E-state index contributed by atoms with van der Waals surface area (Å²) in [7, 11) is 0. The summed E-state index contributed by atoms with van der Waals surface area (Å²) >= 11 is 1.55. The molecular weight excluding hydrogens is 342 g/mol. The lowest BCUT2D eigenvalue weighted by atomic mass is 10.1. The van der Waals surface area contributed by atoms with Crippen LogP contribution >= 0.6 is 11.3 Å². The highest BCUT2D eigenvalue weighted by molar-refractivity contribution is 7.20. The Morgan fingerprint density at radius 3 is 2.69 bits per heavy atom. The third-order valence-corrected chi connectivity index (χ3v) is 5.20. The van der Waals surface area contributed by atoms with E-state index >= 15 is 0 Å². The number of nitrogens with zero attached hydrogens (tertiary/aromatic N) is 4. The summed E-state index contributed by atoms with van der Waals surface area (Å²) in [5.74, 6) is 0. The molecule has 26 heavy (non-hydrogen) atoms. The molecule has 2 aromatic carbocycles. The van der Waals surface area contributed by atoms with E-state index in [9.17, 15) is 0 Å². The number of nitrogens with one attached hydrogen (secondary N) is 1. The van der Waals surface area contributed by atoms with Gasteiger partial charge in [-0.05, 0) is 34.5 Å². The second-order valence-corrected chi connectivity index (χ2v) is 6.97. The molecule has 126 valence electrons. The molecule has 0 spiro atoms. The molecule has 3 aromatic heterocycles. The van der Waals surface area contributed by atoms with Gasteiger partial charge in [-0.15, -0.1) is 5.10 Å². The fourth-order valence-corrected chi connectivity index (χ4v) is 3.76. The van der Waals surface area contributed by atoms with Crippen LogP contribution in [0.4, 0.5) is 5.13 Å². The molecule has 1 N–H and O–H groups in total. The molecule has 5 rings (SSSR count). The van der Waals surface area contributed by atoms with E-state index in [-0.39, 0.29) is 0 Å². The maximum atomic E-state index is 4.69. The molecule has 0 radical (unpaired) electrons. The Balaban J connectivity index is 1.47. The van der Waals surface area contributed by atoms with E-state index in [1.165, 1.54) is 16.3 Å². The number of hydrogen-bond donors (Lipinski definition) is 1. The molecule has 6 heteroatoms. The average Bonchev–Trinajstić information content (AvgIpc) is 3.27. The van der Waals surface area contributed by atoms with Crippen molar-refractivity contribution in [3.05, 3.63) is 78.8 Å². The van der Waals surface area contributed by atoms with Gasteiger partial charge in [-0.3, -0.25) is 4.98 Å². The zero-order valence-electron chi connectivity index (χ0n) is 13.8. The predicted molar refractivity (Wildman–Crippen MR) is 105 cm³/mol. The molecule has 0 saturated heterocycles. The zero-order chi connectivity index (χ0) is 17.3. The molecule has 0 unspecified atom stereocenters. The molecule has 0 bridgehead atoms. The van der Waals surface area contributed by atoms with Crippen LogP contribution < -0.4 is 5.32 Å². The first-order chi connectivity index (χ1) is 12.9. The Hall–Kier alpha value is -3.25. The zero-order valence-corrected chi connectivity index (χ0v) is 14.6. The summed E-state index contributed by atoms with van der Waals surface area (Å²) in [6.45, 7) is 0.713. The molecule has 0 amide bonds. The third kappa shape index (κ3) is 2.70. The lowest BCUT2D eigenvalue weighted by molar-refractivity contribution is 0.967. The minimum atomic E-state index is 0.713. The van der Waals surface area contributed by atoms with Crippen LogP contribution in [0.3, 0.4) is 0 Å². The van der Waals surface area contributed by atoms with Crippen LogP contribution in [0.15, 0.2) is 73.2 Å².